The number of unbranched alkanes of at least 4 members (excludes halogenated alkanes) is 1. The highest BCUT2D eigenvalue weighted by atomic mass is 16.4. The van der Waals surface area contributed by atoms with Gasteiger partial charge in [0.1, 0.15) is 0 Å². The van der Waals surface area contributed by atoms with E-state index in [0.29, 0.717) is 0 Å². The third-order valence-corrected chi connectivity index (χ3v) is 3.38. The molecule has 118 valence electrons. The average molecular weight is 297 g/mol. The first-order valence-corrected chi connectivity index (χ1v) is 8.12. The van der Waals surface area contributed by atoms with Crippen LogP contribution in [0.5, 0.6) is 0 Å². The molecule has 1 N–H and O–H groups in total. The molecule has 0 amide bonds. The summed E-state index contributed by atoms with van der Waals surface area (Å²) in [5.41, 5.74) is 3.23. The fourth-order valence-electron chi connectivity index (χ4n) is 2.14. The molecule has 2 rings (SSSR count). The van der Waals surface area contributed by atoms with Crippen molar-refractivity contribution in [1.29, 1.82) is 0 Å². The Hall–Kier alpha value is -2.09. The third kappa shape index (κ3) is 7.07. The minimum Gasteiger partial charge on any atom is -0.411 e. The highest BCUT2D eigenvalue weighted by Crippen LogP contribution is 2.05. The maximum absolute atomic E-state index is 8.70. The van der Waals surface area contributed by atoms with E-state index in [1.807, 2.05) is 30.3 Å². The summed E-state index contributed by atoms with van der Waals surface area (Å²) in [6, 6.07) is 20.4. The highest BCUT2D eigenvalue weighted by molar-refractivity contribution is 6.00. The van der Waals surface area contributed by atoms with E-state index in [1.165, 1.54) is 24.8 Å². The zero-order valence-electron chi connectivity index (χ0n) is 13.7. The van der Waals surface area contributed by atoms with Crippen LogP contribution in [0.4, 0.5) is 0 Å². The zero-order valence-corrected chi connectivity index (χ0v) is 13.7. The van der Waals surface area contributed by atoms with Crippen LogP contribution in [0.2, 0.25) is 0 Å². The van der Waals surface area contributed by atoms with Crippen LogP contribution < -0.4 is 0 Å². The van der Waals surface area contributed by atoms with E-state index >= 15 is 0 Å². The molecule has 0 saturated carbocycles. The van der Waals surface area contributed by atoms with Gasteiger partial charge in [-0.3, -0.25) is 0 Å². The molecule has 2 nitrogen and oxygen atoms in total. The number of nitrogens with zero attached hydrogens (tertiary/aromatic N) is 1. The molecule has 0 heterocycles. The zero-order chi connectivity index (χ0) is 16.0. The predicted octanol–water partition coefficient (Wildman–Crippen LogP) is 5.69. The van der Waals surface area contributed by atoms with Crippen LogP contribution in [0.15, 0.2) is 65.8 Å². The van der Waals surface area contributed by atoms with Crippen molar-refractivity contribution in [2.45, 2.75) is 46.0 Å². The molecule has 0 aliphatic heterocycles. The largest absolute Gasteiger partial charge is 0.411 e. The average Bonchev–Trinajstić information content (AvgIpc) is 2.60. The second-order valence-corrected chi connectivity index (χ2v) is 5.25. The first-order valence-electron chi connectivity index (χ1n) is 8.12. The van der Waals surface area contributed by atoms with Gasteiger partial charge in [0.05, 0.1) is 5.71 Å². The Balaban J connectivity index is 0.000000224. The van der Waals surface area contributed by atoms with Gasteiger partial charge in [0, 0.05) is 0 Å². The minimum atomic E-state index is 0.762. The van der Waals surface area contributed by atoms with Gasteiger partial charge in [-0.25, -0.2) is 0 Å². The van der Waals surface area contributed by atoms with Crippen molar-refractivity contribution < 1.29 is 5.21 Å². The van der Waals surface area contributed by atoms with Crippen LogP contribution in [0, 0.1) is 0 Å². The lowest BCUT2D eigenvalue weighted by atomic mass is 10.1. The SMILES string of the molecule is CCC/C(=N/O)c1ccccc1.CCCCc1ccccc1. The second-order valence-electron chi connectivity index (χ2n) is 5.25. The van der Waals surface area contributed by atoms with Crippen molar-refractivity contribution in [3.63, 3.8) is 0 Å². The van der Waals surface area contributed by atoms with Crippen LogP contribution in [0.1, 0.15) is 50.7 Å². The molecule has 0 bridgehead atoms. The van der Waals surface area contributed by atoms with E-state index < -0.39 is 0 Å². The molecule has 0 fully saturated rings. The van der Waals surface area contributed by atoms with Crippen LogP contribution >= 0.6 is 0 Å². The van der Waals surface area contributed by atoms with Crippen LogP contribution in [-0.4, -0.2) is 10.9 Å². The van der Waals surface area contributed by atoms with E-state index in [1.54, 1.807) is 0 Å². The Morgan fingerprint density at radius 1 is 0.864 bits per heavy atom. The molecule has 0 aliphatic rings. The summed E-state index contributed by atoms with van der Waals surface area (Å²) < 4.78 is 0. The third-order valence-electron chi connectivity index (χ3n) is 3.38. The Bertz CT molecular complexity index is 520. The fraction of sp³-hybridized carbons (Fsp3) is 0.350. The molecule has 0 saturated heterocycles. The number of aryl methyl sites for hydroxylation is 1. The number of hydrogen-bond acceptors (Lipinski definition) is 2. The smallest absolute Gasteiger partial charge is 0.0867 e. The molecule has 0 aromatic heterocycles. The molecule has 0 aliphatic carbocycles. The van der Waals surface area contributed by atoms with E-state index in [0.717, 1.165) is 24.1 Å². The number of hydrogen-bond donors (Lipinski definition) is 1. The molecule has 22 heavy (non-hydrogen) atoms. The van der Waals surface area contributed by atoms with Gasteiger partial charge >= 0.3 is 0 Å². The maximum Gasteiger partial charge on any atom is 0.0867 e. The van der Waals surface area contributed by atoms with Gasteiger partial charge in [-0.2, -0.15) is 0 Å². The molecule has 2 aromatic rings. The predicted molar refractivity (Wildman–Crippen MR) is 94.7 cm³/mol. The summed E-state index contributed by atoms with van der Waals surface area (Å²) in [6.45, 7) is 4.29. The summed E-state index contributed by atoms with van der Waals surface area (Å²) in [7, 11) is 0. The Morgan fingerprint density at radius 3 is 1.95 bits per heavy atom. The van der Waals surface area contributed by atoms with Gasteiger partial charge in [0.2, 0.25) is 0 Å². The molecular formula is C20H27NO. The Morgan fingerprint density at radius 2 is 1.45 bits per heavy atom. The van der Waals surface area contributed by atoms with Crippen LogP contribution in [0.3, 0.4) is 0 Å². The van der Waals surface area contributed by atoms with Crippen molar-refractivity contribution in [3.8, 4) is 0 Å². The fourth-order valence-corrected chi connectivity index (χ4v) is 2.14. The topological polar surface area (TPSA) is 32.6 Å². The van der Waals surface area contributed by atoms with Crippen molar-refractivity contribution >= 4 is 5.71 Å². The summed E-state index contributed by atoms with van der Waals surface area (Å²) in [4.78, 5) is 0. The van der Waals surface area contributed by atoms with E-state index in [9.17, 15) is 0 Å². The second kappa shape index (κ2) is 11.6. The van der Waals surface area contributed by atoms with E-state index in [4.69, 9.17) is 5.21 Å². The van der Waals surface area contributed by atoms with Gasteiger partial charge in [0.25, 0.3) is 0 Å². The standard InChI is InChI=1S/C10H13NO.C10H14/c1-2-6-10(11-12)9-7-4-3-5-8-9;1-2-3-7-10-8-5-4-6-9-10/h3-5,7-8,12H,2,6H2,1H3;4-6,8-9H,2-3,7H2,1H3/b11-10-;. The molecule has 0 spiro atoms. The monoisotopic (exact) mass is 297 g/mol. The summed E-state index contributed by atoms with van der Waals surface area (Å²) in [5, 5.41) is 12.0. The quantitative estimate of drug-likeness (QED) is 0.414. The van der Waals surface area contributed by atoms with E-state index in [2.05, 4.69) is 49.3 Å². The highest BCUT2D eigenvalue weighted by Gasteiger charge is 2.00. The van der Waals surface area contributed by atoms with Gasteiger partial charge in [-0.05, 0) is 30.4 Å². The van der Waals surface area contributed by atoms with Crippen LogP contribution in [0.25, 0.3) is 0 Å². The molecule has 0 radical (unpaired) electrons. The van der Waals surface area contributed by atoms with Gasteiger partial charge in [-0.1, -0.05) is 92.5 Å². The van der Waals surface area contributed by atoms with Crippen molar-refractivity contribution in [2.75, 3.05) is 0 Å². The molecule has 2 aromatic carbocycles. The number of rotatable bonds is 6. The lowest BCUT2D eigenvalue weighted by Crippen LogP contribution is -1.99. The summed E-state index contributed by atoms with van der Waals surface area (Å²) in [6.07, 6.45) is 5.64. The van der Waals surface area contributed by atoms with Gasteiger partial charge < -0.3 is 5.21 Å². The van der Waals surface area contributed by atoms with Crippen molar-refractivity contribution in [1.82, 2.24) is 0 Å². The minimum absolute atomic E-state index is 0.762. The molecular weight excluding hydrogens is 270 g/mol. The Kier molecular flexibility index (Phi) is 9.43. The van der Waals surface area contributed by atoms with Crippen LogP contribution in [-0.2, 0) is 6.42 Å². The first-order chi connectivity index (χ1) is 10.8. The Labute approximate surface area is 134 Å². The number of oxime groups is 1. The first kappa shape index (κ1) is 18.0. The maximum atomic E-state index is 8.70. The van der Waals surface area contributed by atoms with Gasteiger partial charge in [-0.15, -0.1) is 0 Å². The van der Waals surface area contributed by atoms with Crippen molar-refractivity contribution in [2.24, 2.45) is 5.16 Å². The summed E-state index contributed by atoms with van der Waals surface area (Å²) in [5.74, 6) is 0. The lowest BCUT2D eigenvalue weighted by molar-refractivity contribution is 0.318. The summed E-state index contributed by atoms with van der Waals surface area (Å²) >= 11 is 0. The molecule has 2 heteroatoms. The molecule has 0 atom stereocenters. The normalized spacial score (nSPS) is 10.7. The lowest BCUT2D eigenvalue weighted by Gasteiger charge is -2.00. The number of benzene rings is 2. The molecule has 0 unspecified atom stereocenters. The van der Waals surface area contributed by atoms with Gasteiger partial charge in [0.15, 0.2) is 0 Å². The van der Waals surface area contributed by atoms with E-state index in [-0.39, 0.29) is 0 Å². The van der Waals surface area contributed by atoms with Crippen molar-refractivity contribution in [3.05, 3.63) is 71.8 Å².